The van der Waals surface area contributed by atoms with Crippen molar-refractivity contribution in [3.05, 3.63) is 101 Å². The number of aromatic nitrogens is 7. The minimum atomic E-state index is -4.91. The molecule has 0 aliphatic heterocycles. The maximum atomic E-state index is 14.0. The molecule has 0 atom stereocenters. The quantitative estimate of drug-likeness (QED) is 0.243. The second-order valence-corrected chi connectivity index (χ2v) is 10.4. The van der Waals surface area contributed by atoms with Crippen LogP contribution in [0.2, 0.25) is 0 Å². The Balaban J connectivity index is 1.36. The Labute approximate surface area is 252 Å². The van der Waals surface area contributed by atoms with Crippen LogP contribution in [0.25, 0.3) is 39.1 Å². The van der Waals surface area contributed by atoms with E-state index in [2.05, 4.69) is 35.6 Å². The van der Waals surface area contributed by atoms with Crippen LogP contribution < -0.4 is 16.6 Å². The van der Waals surface area contributed by atoms with Gasteiger partial charge in [0.2, 0.25) is 5.95 Å². The van der Waals surface area contributed by atoms with Crippen molar-refractivity contribution < 1.29 is 18.0 Å². The highest BCUT2D eigenvalue weighted by Gasteiger charge is 2.38. The van der Waals surface area contributed by atoms with E-state index < -0.39 is 34.4 Å². The van der Waals surface area contributed by atoms with Crippen molar-refractivity contribution in [1.82, 2.24) is 39.6 Å². The first-order valence-electron chi connectivity index (χ1n) is 13.5. The van der Waals surface area contributed by atoms with E-state index in [1.165, 1.54) is 12.1 Å². The van der Waals surface area contributed by atoms with Crippen LogP contribution >= 0.6 is 0 Å². The highest BCUT2D eigenvalue weighted by Crippen LogP contribution is 2.34. The molecule has 45 heavy (non-hydrogen) atoms. The average molecular weight is 615 g/mol. The minimum Gasteiger partial charge on any atom is -0.368 e. The highest BCUT2D eigenvalue weighted by molar-refractivity contribution is 5.93. The number of carbonyl (C=O) groups is 1. The van der Waals surface area contributed by atoms with Gasteiger partial charge in [-0.15, -0.1) is 14.9 Å². The van der Waals surface area contributed by atoms with Crippen LogP contribution in [0.5, 0.6) is 0 Å². The van der Waals surface area contributed by atoms with Crippen molar-refractivity contribution >= 4 is 28.6 Å². The van der Waals surface area contributed by atoms with E-state index in [9.17, 15) is 22.8 Å². The molecule has 15 heteroatoms. The Morgan fingerprint density at radius 2 is 1.76 bits per heavy atom. The number of aromatic amines is 1. The summed E-state index contributed by atoms with van der Waals surface area (Å²) in [4.78, 5) is 31.6. The van der Waals surface area contributed by atoms with Crippen LogP contribution in [0.15, 0.2) is 83.8 Å². The second-order valence-electron chi connectivity index (χ2n) is 10.4. The van der Waals surface area contributed by atoms with Crippen molar-refractivity contribution in [2.75, 3.05) is 25.1 Å². The highest BCUT2D eigenvalue weighted by atomic mass is 19.4. The van der Waals surface area contributed by atoms with Crippen LogP contribution in [-0.2, 0) is 12.7 Å². The lowest BCUT2D eigenvalue weighted by Crippen LogP contribution is -2.33. The molecule has 0 saturated carbocycles. The summed E-state index contributed by atoms with van der Waals surface area (Å²) in [6, 6.07) is 20.0. The zero-order valence-electron chi connectivity index (χ0n) is 23.9. The monoisotopic (exact) mass is 614 g/mol. The number of hydrogen-bond acceptors (Lipinski definition) is 8. The summed E-state index contributed by atoms with van der Waals surface area (Å²) in [5.41, 5.74) is 6.63. The predicted octanol–water partition coefficient (Wildman–Crippen LogP) is 4.78. The van der Waals surface area contributed by atoms with Crippen molar-refractivity contribution in [3.63, 3.8) is 0 Å². The Kier molecular flexibility index (Phi) is 7.38. The average Bonchev–Trinajstić information content (AvgIpc) is 3.62. The maximum absolute atomic E-state index is 14.0. The number of benzene rings is 3. The van der Waals surface area contributed by atoms with Crippen LogP contribution in [0, 0.1) is 0 Å². The number of nitrogens with two attached hydrogens (primary N) is 1. The van der Waals surface area contributed by atoms with Gasteiger partial charge in [0, 0.05) is 17.8 Å². The van der Waals surface area contributed by atoms with Gasteiger partial charge in [-0.2, -0.15) is 23.4 Å². The summed E-state index contributed by atoms with van der Waals surface area (Å²) >= 11 is 0. The number of carbonyl (C=O) groups excluding carboxylic acids is 1. The zero-order valence-corrected chi connectivity index (χ0v) is 23.9. The lowest BCUT2D eigenvalue weighted by molar-refractivity contribution is -0.140. The van der Waals surface area contributed by atoms with E-state index in [0.29, 0.717) is 15.9 Å². The first-order chi connectivity index (χ1) is 21.5. The van der Waals surface area contributed by atoms with Gasteiger partial charge in [-0.25, -0.2) is 9.48 Å². The number of halogens is 3. The number of rotatable bonds is 6. The first-order valence-corrected chi connectivity index (χ1v) is 13.5. The van der Waals surface area contributed by atoms with Gasteiger partial charge in [0.15, 0.2) is 11.5 Å². The molecule has 0 unspecified atom stereocenters. The molecular formula is C30H25F3N10O2. The molecule has 0 aliphatic carbocycles. The van der Waals surface area contributed by atoms with Crippen LogP contribution in [-0.4, -0.2) is 59.8 Å². The number of nitrogens with one attached hydrogen (secondary N) is 2. The van der Waals surface area contributed by atoms with Gasteiger partial charge in [0.25, 0.3) is 0 Å². The first kappa shape index (κ1) is 29.3. The number of nitrogen functional groups attached to an aromatic ring is 1. The van der Waals surface area contributed by atoms with E-state index in [1.807, 2.05) is 50.5 Å². The molecule has 0 fully saturated rings. The number of fused-ring (bicyclic) bond motifs is 1. The third kappa shape index (κ3) is 5.75. The Bertz CT molecular complexity index is 2100. The zero-order chi connectivity index (χ0) is 31.9. The standard InChI is InChI=1S/C30H25F3N10O2/c1-41(2)16-19-6-3-4-9-22(19)17-10-12-20(13-11-17)36-29(45)43-27(44)24-23(15-35-43)25(30(31,32)33)40-42(24)21-8-5-7-18(14-21)26-37-28(34)39-38-26/h3-15H,16H2,1-2H3,(H,36,45)(H3,34,37,38,39). The number of amides is 1. The lowest BCUT2D eigenvalue weighted by atomic mass is 9.99. The molecule has 12 nitrogen and oxygen atoms in total. The Morgan fingerprint density at radius 3 is 2.44 bits per heavy atom. The van der Waals surface area contributed by atoms with Gasteiger partial charge in [0.05, 0.1) is 17.3 Å². The SMILES string of the molecule is CN(C)Cc1ccccc1-c1ccc(NC(=O)n2ncc3c(C(F)(F)F)nn(-c4cccc(-c5nnc(N)[nH]5)c4)c3c2=O)cc1. The fourth-order valence-corrected chi connectivity index (χ4v) is 4.95. The number of nitrogens with zero attached hydrogens (tertiary/aromatic N) is 7. The van der Waals surface area contributed by atoms with Crippen molar-refractivity contribution in [3.8, 4) is 28.2 Å². The summed E-state index contributed by atoms with van der Waals surface area (Å²) in [6.07, 6.45) is -4.11. The molecule has 0 bridgehead atoms. The van der Waals surface area contributed by atoms with E-state index in [1.54, 1.807) is 24.3 Å². The topological polar surface area (TPSA) is 153 Å². The van der Waals surface area contributed by atoms with Gasteiger partial charge in [-0.1, -0.05) is 48.5 Å². The fourth-order valence-electron chi connectivity index (χ4n) is 4.95. The molecule has 1 amide bonds. The second kappa shape index (κ2) is 11.3. The largest absolute Gasteiger partial charge is 0.435 e. The summed E-state index contributed by atoms with van der Waals surface area (Å²) in [6.45, 7) is 0.733. The lowest BCUT2D eigenvalue weighted by Gasteiger charge is -2.14. The van der Waals surface area contributed by atoms with Gasteiger partial charge in [-0.3, -0.25) is 4.79 Å². The van der Waals surface area contributed by atoms with Gasteiger partial charge < -0.3 is 20.9 Å². The summed E-state index contributed by atoms with van der Waals surface area (Å²) in [5.74, 6) is 0.301. The third-order valence-corrected chi connectivity index (χ3v) is 6.90. The number of hydrogen-bond donors (Lipinski definition) is 3. The van der Waals surface area contributed by atoms with Crippen molar-refractivity contribution in [2.45, 2.75) is 12.7 Å². The smallest absolute Gasteiger partial charge is 0.368 e. The summed E-state index contributed by atoms with van der Waals surface area (Å²) in [5, 5.41) is 17.1. The van der Waals surface area contributed by atoms with E-state index in [4.69, 9.17) is 5.73 Å². The summed E-state index contributed by atoms with van der Waals surface area (Å²) < 4.78 is 43.2. The number of anilines is 2. The van der Waals surface area contributed by atoms with Gasteiger partial charge >= 0.3 is 17.8 Å². The van der Waals surface area contributed by atoms with Crippen LogP contribution in [0.3, 0.4) is 0 Å². The normalized spacial score (nSPS) is 11.8. The van der Waals surface area contributed by atoms with Crippen molar-refractivity contribution in [1.29, 1.82) is 0 Å². The van der Waals surface area contributed by atoms with E-state index in [-0.39, 0.29) is 17.5 Å². The maximum Gasteiger partial charge on any atom is 0.435 e. The molecule has 0 radical (unpaired) electrons. The molecule has 6 aromatic rings. The molecule has 4 N–H and O–H groups in total. The van der Waals surface area contributed by atoms with Crippen LogP contribution in [0.4, 0.5) is 29.6 Å². The van der Waals surface area contributed by atoms with Gasteiger partial charge in [0.1, 0.15) is 5.52 Å². The fraction of sp³-hybridized carbons (Fsp3) is 0.133. The molecule has 0 aliphatic rings. The Hall–Kier alpha value is -5.83. The molecule has 0 spiro atoms. The molecule has 3 heterocycles. The molecule has 6 rings (SSSR count). The third-order valence-electron chi connectivity index (χ3n) is 6.90. The van der Waals surface area contributed by atoms with Crippen LogP contribution in [0.1, 0.15) is 11.3 Å². The van der Waals surface area contributed by atoms with E-state index in [0.717, 1.165) is 34.1 Å². The predicted molar refractivity (Wildman–Crippen MR) is 162 cm³/mol. The molecular weight excluding hydrogens is 589 g/mol. The molecule has 3 aromatic heterocycles. The van der Waals surface area contributed by atoms with Gasteiger partial charge in [-0.05, 0) is 55.1 Å². The Morgan fingerprint density at radius 1 is 1.00 bits per heavy atom. The minimum absolute atomic E-state index is 0.0445. The number of alkyl halides is 3. The van der Waals surface area contributed by atoms with Crippen molar-refractivity contribution in [2.24, 2.45) is 0 Å². The molecule has 228 valence electrons. The molecule has 0 saturated heterocycles. The molecule has 3 aromatic carbocycles. The summed E-state index contributed by atoms with van der Waals surface area (Å²) in [7, 11) is 3.96. The van der Waals surface area contributed by atoms with E-state index >= 15 is 0 Å². The number of H-pyrrole nitrogens is 1.